The molecule has 1 atom stereocenters. The van der Waals surface area contributed by atoms with Gasteiger partial charge in [-0.15, -0.1) is 0 Å². The summed E-state index contributed by atoms with van der Waals surface area (Å²) in [6, 6.07) is 6.05. The van der Waals surface area contributed by atoms with Gasteiger partial charge in [-0.3, -0.25) is 14.9 Å². The van der Waals surface area contributed by atoms with Gasteiger partial charge in [-0.05, 0) is 41.0 Å². The van der Waals surface area contributed by atoms with Crippen molar-refractivity contribution in [1.82, 2.24) is 5.32 Å². The molecule has 2 aromatic rings. The lowest BCUT2D eigenvalue weighted by molar-refractivity contribution is -0.304. The molecular weight excluding hydrogens is 518 g/mol. The van der Waals surface area contributed by atoms with Crippen molar-refractivity contribution in [2.24, 2.45) is 0 Å². The fraction of sp³-hybridized carbons (Fsp3) is 0.364. The van der Waals surface area contributed by atoms with E-state index in [1.165, 1.54) is 18.2 Å². The van der Waals surface area contributed by atoms with Crippen molar-refractivity contribution >= 4 is 27.4 Å². The number of esters is 1. The monoisotopic (exact) mass is 538 g/mol. The van der Waals surface area contributed by atoms with Gasteiger partial charge in [0.1, 0.15) is 6.04 Å². The number of carbonyl (C=O) groups is 2. The average Bonchev–Trinajstić information content (AvgIpc) is 3.19. The molecule has 1 aliphatic rings. The van der Waals surface area contributed by atoms with Crippen LogP contribution in [0.2, 0.25) is 0 Å². The van der Waals surface area contributed by atoms with E-state index in [9.17, 15) is 44.3 Å². The largest absolute Gasteiger partial charge is 0.469 e. The summed E-state index contributed by atoms with van der Waals surface area (Å²) < 4.78 is 110. The number of methoxy groups -OCH3 is 1. The highest BCUT2D eigenvalue weighted by Crippen LogP contribution is 2.54. The number of hydrogen-bond acceptors (Lipinski definition) is 6. The number of benzene rings is 2. The molecule has 0 aliphatic carbocycles. The minimum atomic E-state index is -5.88. The van der Waals surface area contributed by atoms with Gasteiger partial charge in [-0.1, -0.05) is 18.2 Å². The van der Waals surface area contributed by atoms with Gasteiger partial charge in [0.25, 0.3) is 0 Å². The number of sulfone groups is 1. The number of carbonyl (C=O) groups excluding carboxylic acids is 2. The van der Waals surface area contributed by atoms with Crippen molar-refractivity contribution in [3.8, 4) is 0 Å². The topological polar surface area (TPSA) is 102 Å². The van der Waals surface area contributed by atoms with E-state index >= 15 is 0 Å². The summed E-state index contributed by atoms with van der Waals surface area (Å²) >= 11 is 0. The Morgan fingerprint density at radius 3 is 2.11 bits per heavy atom. The summed E-state index contributed by atoms with van der Waals surface area (Å²) in [6.07, 6.45) is -12.7. The van der Waals surface area contributed by atoms with Crippen LogP contribution in [0.15, 0.2) is 47.4 Å². The summed E-state index contributed by atoms with van der Waals surface area (Å²) in [5.74, 6) is -2.37. The molecule has 0 saturated heterocycles. The van der Waals surface area contributed by atoms with Gasteiger partial charge in [0.2, 0.25) is 5.91 Å². The summed E-state index contributed by atoms with van der Waals surface area (Å²) in [6.45, 7) is 0.170. The Labute approximate surface area is 201 Å². The van der Waals surface area contributed by atoms with Gasteiger partial charge in [0.15, 0.2) is 15.3 Å². The normalized spacial score (nSPS) is 16.4. The van der Waals surface area contributed by atoms with Crippen LogP contribution in [-0.2, 0) is 36.1 Å². The first-order valence-corrected chi connectivity index (χ1v) is 12.1. The molecule has 0 bridgehead atoms. The van der Waals surface area contributed by atoms with Crippen LogP contribution >= 0.6 is 0 Å². The van der Waals surface area contributed by atoms with Crippen LogP contribution in [0.1, 0.15) is 29.2 Å². The number of halogens is 6. The number of rotatable bonds is 6. The van der Waals surface area contributed by atoms with Crippen molar-refractivity contribution in [3.05, 3.63) is 59.2 Å². The summed E-state index contributed by atoms with van der Waals surface area (Å²) in [7, 11) is -2.80. The highest BCUT2D eigenvalue weighted by molar-refractivity contribution is 7.90. The molecule has 0 aromatic heterocycles. The molecule has 1 aliphatic heterocycles. The summed E-state index contributed by atoms with van der Waals surface area (Å²) in [5, 5.41) is 5.27. The number of amides is 1. The van der Waals surface area contributed by atoms with Crippen molar-refractivity contribution in [2.75, 3.05) is 18.7 Å². The van der Waals surface area contributed by atoms with E-state index in [0.717, 1.165) is 18.4 Å². The molecule has 2 N–H and O–H groups in total. The molecule has 0 spiro atoms. The maximum atomic E-state index is 13.8. The molecule has 3 rings (SSSR count). The Bertz CT molecular complexity index is 1260. The number of fused-ring (bicyclic) bond motifs is 1. The Balaban J connectivity index is 1.88. The molecule has 0 saturated carbocycles. The lowest BCUT2D eigenvalue weighted by atomic mass is 9.76. The highest BCUT2D eigenvalue weighted by atomic mass is 32.2. The minimum Gasteiger partial charge on any atom is -0.469 e. The Morgan fingerprint density at radius 2 is 1.61 bits per heavy atom. The molecule has 36 heavy (non-hydrogen) atoms. The number of ether oxygens (including phenoxy) is 1. The molecule has 1 amide bonds. The number of alkyl halides is 6. The van der Waals surface area contributed by atoms with Crippen LogP contribution in [-0.4, -0.2) is 46.0 Å². The smallest absolute Gasteiger partial charge is 0.407 e. The second-order valence-corrected chi connectivity index (χ2v) is 10.2. The first kappa shape index (κ1) is 27.5. The van der Waals surface area contributed by atoms with Gasteiger partial charge in [-0.25, -0.2) is 8.42 Å². The van der Waals surface area contributed by atoms with Gasteiger partial charge < -0.3 is 10.1 Å². The standard InChI is InChI=1S/C22H20F6N2O5S/c1-35-17(31)10-20(21(23,24)25,22(26,27)28)13-3-5-14(6-4-13)30-19(32)18-16-8-7-15(36(2,33)34)9-12(16)11-29-18/h3-9,18,29H,10-11H2,1-2H3,(H,30,32)/t18-/m0/s1. The van der Waals surface area contributed by atoms with Crippen LogP contribution in [0.5, 0.6) is 0 Å². The molecule has 2 aromatic carbocycles. The van der Waals surface area contributed by atoms with E-state index in [4.69, 9.17) is 0 Å². The second kappa shape index (κ2) is 9.39. The van der Waals surface area contributed by atoms with E-state index in [1.807, 2.05) is 0 Å². The highest BCUT2D eigenvalue weighted by Gasteiger charge is 2.72. The molecular formula is C22H20F6N2O5S. The van der Waals surface area contributed by atoms with Gasteiger partial charge >= 0.3 is 18.3 Å². The molecule has 0 unspecified atom stereocenters. The van der Waals surface area contributed by atoms with Crippen molar-refractivity contribution in [1.29, 1.82) is 0 Å². The third kappa shape index (κ3) is 5.05. The van der Waals surface area contributed by atoms with Gasteiger partial charge in [0, 0.05) is 18.5 Å². The average molecular weight is 538 g/mol. The van der Waals surface area contributed by atoms with Crippen molar-refractivity contribution in [3.63, 3.8) is 0 Å². The Kier molecular flexibility index (Phi) is 7.16. The van der Waals surface area contributed by atoms with E-state index in [1.54, 1.807) is 0 Å². The molecule has 14 heteroatoms. The molecule has 0 radical (unpaired) electrons. The van der Waals surface area contributed by atoms with Crippen LogP contribution in [0.25, 0.3) is 0 Å². The zero-order valence-corrected chi connectivity index (χ0v) is 19.6. The van der Waals surface area contributed by atoms with Crippen LogP contribution < -0.4 is 10.6 Å². The fourth-order valence-electron chi connectivity index (χ4n) is 3.94. The van der Waals surface area contributed by atoms with Gasteiger partial charge in [-0.2, -0.15) is 26.3 Å². The van der Waals surface area contributed by atoms with E-state index in [-0.39, 0.29) is 17.1 Å². The summed E-state index contributed by atoms with van der Waals surface area (Å²) in [5.41, 5.74) is -4.83. The number of nitrogens with one attached hydrogen (secondary N) is 2. The molecule has 196 valence electrons. The third-order valence-corrected chi connectivity index (χ3v) is 6.97. The lowest BCUT2D eigenvalue weighted by Gasteiger charge is -2.37. The molecule has 0 fully saturated rings. The number of hydrogen-bond donors (Lipinski definition) is 2. The van der Waals surface area contributed by atoms with Crippen LogP contribution in [0.4, 0.5) is 32.0 Å². The minimum absolute atomic E-state index is 0.0597. The molecule has 7 nitrogen and oxygen atoms in total. The van der Waals surface area contributed by atoms with Crippen molar-refractivity contribution < 1.29 is 49.1 Å². The zero-order chi connectivity index (χ0) is 27.1. The third-order valence-electron chi connectivity index (χ3n) is 5.86. The maximum absolute atomic E-state index is 13.8. The SMILES string of the molecule is COC(=O)CC(c1ccc(NC(=O)[C@H]2NCc3cc(S(C)(=O)=O)ccc32)cc1)(C(F)(F)F)C(F)(F)F. The maximum Gasteiger partial charge on any atom is 0.407 e. The first-order valence-electron chi connectivity index (χ1n) is 10.2. The quantitative estimate of drug-likeness (QED) is 0.429. The number of anilines is 1. The van der Waals surface area contributed by atoms with E-state index < -0.39 is 57.5 Å². The predicted molar refractivity (Wildman–Crippen MR) is 115 cm³/mol. The van der Waals surface area contributed by atoms with Crippen molar-refractivity contribution in [2.45, 2.75) is 41.7 Å². The van der Waals surface area contributed by atoms with Gasteiger partial charge in [0.05, 0.1) is 18.4 Å². The predicted octanol–water partition coefficient (Wildman–Crippen LogP) is 3.80. The Hall–Kier alpha value is -3.13. The van der Waals surface area contributed by atoms with Crippen LogP contribution in [0, 0.1) is 0 Å². The van der Waals surface area contributed by atoms with Crippen LogP contribution in [0.3, 0.4) is 0 Å². The zero-order valence-electron chi connectivity index (χ0n) is 18.8. The van der Waals surface area contributed by atoms with E-state index in [0.29, 0.717) is 30.4 Å². The second-order valence-electron chi connectivity index (χ2n) is 8.17. The Morgan fingerprint density at radius 1 is 1.03 bits per heavy atom. The van der Waals surface area contributed by atoms with E-state index in [2.05, 4.69) is 15.4 Å². The first-order chi connectivity index (χ1) is 16.5. The lowest BCUT2D eigenvalue weighted by Crippen LogP contribution is -2.55. The fourth-order valence-corrected chi connectivity index (χ4v) is 4.61. The summed E-state index contributed by atoms with van der Waals surface area (Å²) in [4.78, 5) is 24.3. The molecule has 1 heterocycles.